The van der Waals surface area contributed by atoms with Gasteiger partial charge in [-0.05, 0) is 47.9 Å². The standard InChI is InChI=1S/C18H14FNO3/c1-22-14-8-5-12-9-16(18(21)23-2)20-17(15(12)10-14)11-3-6-13(19)7-4-11/h3-10H,1-2H3. The van der Waals surface area contributed by atoms with Crippen molar-refractivity contribution < 1.29 is 18.7 Å². The summed E-state index contributed by atoms with van der Waals surface area (Å²) < 4.78 is 23.2. The number of hydrogen-bond donors (Lipinski definition) is 0. The van der Waals surface area contributed by atoms with Gasteiger partial charge in [-0.2, -0.15) is 0 Å². The molecule has 3 rings (SSSR count). The van der Waals surface area contributed by atoms with Crippen molar-refractivity contribution in [2.45, 2.75) is 0 Å². The minimum Gasteiger partial charge on any atom is -0.497 e. The zero-order valence-electron chi connectivity index (χ0n) is 12.7. The van der Waals surface area contributed by atoms with Crippen molar-refractivity contribution in [3.63, 3.8) is 0 Å². The molecule has 0 fully saturated rings. The molecule has 0 unspecified atom stereocenters. The minimum absolute atomic E-state index is 0.199. The zero-order chi connectivity index (χ0) is 16.4. The van der Waals surface area contributed by atoms with Gasteiger partial charge in [0.1, 0.15) is 17.3 Å². The number of nitrogens with zero attached hydrogens (tertiary/aromatic N) is 1. The number of carbonyl (C=O) groups is 1. The summed E-state index contributed by atoms with van der Waals surface area (Å²) in [6.45, 7) is 0. The second-order valence-electron chi connectivity index (χ2n) is 4.94. The molecule has 0 aliphatic carbocycles. The molecule has 5 heteroatoms. The van der Waals surface area contributed by atoms with Crippen molar-refractivity contribution in [3.05, 3.63) is 60.0 Å². The van der Waals surface area contributed by atoms with Crippen LogP contribution in [-0.2, 0) is 4.74 Å². The molecule has 0 aliphatic rings. The number of rotatable bonds is 3. The van der Waals surface area contributed by atoms with Crippen LogP contribution in [0.5, 0.6) is 5.75 Å². The number of esters is 1. The van der Waals surface area contributed by atoms with Crippen LogP contribution in [0.15, 0.2) is 48.5 Å². The maximum atomic E-state index is 13.2. The van der Waals surface area contributed by atoms with E-state index in [0.29, 0.717) is 17.0 Å². The van der Waals surface area contributed by atoms with Gasteiger partial charge in [0.05, 0.1) is 19.9 Å². The number of fused-ring (bicyclic) bond motifs is 1. The Balaban J connectivity index is 2.30. The maximum Gasteiger partial charge on any atom is 0.356 e. The number of halogens is 1. The lowest BCUT2D eigenvalue weighted by Gasteiger charge is -2.10. The summed E-state index contributed by atoms with van der Waals surface area (Å²) in [6.07, 6.45) is 0. The molecule has 23 heavy (non-hydrogen) atoms. The highest BCUT2D eigenvalue weighted by molar-refractivity contribution is 6.00. The molecule has 0 radical (unpaired) electrons. The molecule has 2 aromatic carbocycles. The highest BCUT2D eigenvalue weighted by atomic mass is 19.1. The molecule has 3 aromatic rings. The van der Waals surface area contributed by atoms with E-state index in [2.05, 4.69) is 4.98 Å². The first-order chi connectivity index (χ1) is 11.1. The van der Waals surface area contributed by atoms with Crippen LogP contribution in [0, 0.1) is 5.82 Å². The van der Waals surface area contributed by atoms with Crippen LogP contribution in [0.25, 0.3) is 22.0 Å². The van der Waals surface area contributed by atoms with Gasteiger partial charge in [0, 0.05) is 10.9 Å². The van der Waals surface area contributed by atoms with Crippen LogP contribution >= 0.6 is 0 Å². The molecule has 0 aliphatic heterocycles. The molecule has 116 valence electrons. The molecule has 0 amide bonds. The predicted molar refractivity (Wildman–Crippen MR) is 85.0 cm³/mol. The van der Waals surface area contributed by atoms with Gasteiger partial charge in [-0.15, -0.1) is 0 Å². The molecule has 0 atom stereocenters. The van der Waals surface area contributed by atoms with Crippen LogP contribution < -0.4 is 4.74 Å². The summed E-state index contributed by atoms with van der Waals surface area (Å²) in [7, 11) is 2.88. The Bertz CT molecular complexity index is 875. The Morgan fingerprint density at radius 2 is 1.78 bits per heavy atom. The number of ether oxygens (including phenoxy) is 2. The smallest absolute Gasteiger partial charge is 0.356 e. The molecular weight excluding hydrogens is 297 g/mol. The van der Waals surface area contributed by atoms with Gasteiger partial charge >= 0.3 is 5.97 Å². The first-order valence-electron chi connectivity index (χ1n) is 6.95. The topological polar surface area (TPSA) is 48.4 Å². The number of aromatic nitrogens is 1. The molecule has 0 bridgehead atoms. The highest BCUT2D eigenvalue weighted by Gasteiger charge is 2.14. The largest absolute Gasteiger partial charge is 0.497 e. The number of hydrogen-bond acceptors (Lipinski definition) is 4. The molecule has 4 nitrogen and oxygen atoms in total. The fourth-order valence-electron chi connectivity index (χ4n) is 2.39. The zero-order valence-corrected chi connectivity index (χ0v) is 12.7. The average molecular weight is 311 g/mol. The van der Waals surface area contributed by atoms with Crippen LogP contribution in [0.1, 0.15) is 10.5 Å². The second kappa shape index (κ2) is 6.04. The molecule has 1 heterocycles. The van der Waals surface area contributed by atoms with E-state index in [4.69, 9.17) is 9.47 Å². The summed E-state index contributed by atoms with van der Waals surface area (Å²) in [5.74, 6) is -0.181. The van der Waals surface area contributed by atoms with Gasteiger partial charge < -0.3 is 9.47 Å². The van der Waals surface area contributed by atoms with E-state index in [1.807, 2.05) is 12.1 Å². The number of carbonyl (C=O) groups excluding carboxylic acids is 1. The number of pyridine rings is 1. The van der Waals surface area contributed by atoms with Gasteiger partial charge in [0.25, 0.3) is 0 Å². The minimum atomic E-state index is -0.522. The fraction of sp³-hybridized carbons (Fsp3) is 0.111. The third-order valence-corrected chi connectivity index (χ3v) is 3.55. The van der Waals surface area contributed by atoms with Crippen molar-refractivity contribution in [2.24, 2.45) is 0 Å². The normalized spacial score (nSPS) is 10.6. The summed E-state index contributed by atoms with van der Waals surface area (Å²) in [6, 6.07) is 13.1. The summed E-state index contributed by atoms with van der Waals surface area (Å²) in [5, 5.41) is 1.63. The van der Waals surface area contributed by atoms with Gasteiger partial charge in [-0.25, -0.2) is 14.2 Å². The Kier molecular flexibility index (Phi) is 3.93. The molecule has 0 spiro atoms. The molecular formula is C18H14FNO3. The average Bonchev–Trinajstić information content (AvgIpc) is 2.60. The Hall–Kier alpha value is -2.95. The van der Waals surface area contributed by atoms with Crippen molar-refractivity contribution in [3.8, 4) is 17.0 Å². The lowest BCUT2D eigenvalue weighted by atomic mass is 10.0. The quantitative estimate of drug-likeness (QED) is 0.690. The Morgan fingerprint density at radius 3 is 2.43 bits per heavy atom. The third-order valence-electron chi connectivity index (χ3n) is 3.55. The molecule has 0 saturated heterocycles. The first kappa shape index (κ1) is 15.0. The summed E-state index contributed by atoms with van der Waals surface area (Å²) in [4.78, 5) is 16.2. The van der Waals surface area contributed by atoms with Crippen molar-refractivity contribution in [1.29, 1.82) is 0 Å². The molecule has 0 saturated carbocycles. The number of benzene rings is 2. The SMILES string of the molecule is COC(=O)c1cc2ccc(OC)cc2c(-c2ccc(F)cc2)n1. The first-order valence-corrected chi connectivity index (χ1v) is 6.95. The monoisotopic (exact) mass is 311 g/mol. The maximum absolute atomic E-state index is 13.2. The van der Waals surface area contributed by atoms with Crippen molar-refractivity contribution in [1.82, 2.24) is 4.98 Å². The van der Waals surface area contributed by atoms with Gasteiger partial charge in [0.2, 0.25) is 0 Å². The van der Waals surface area contributed by atoms with E-state index in [1.165, 1.54) is 19.2 Å². The molecule has 0 N–H and O–H groups in total. The van der Waals surface area contributed by atoms with Gasteiger partial charge in [-0.3, -0.25) is 0 Å². The van der Waals surface area contributed by atoms with E-state index in [-0.39, 0.29) is 11.5 Å². The van der Waals surface area contributed by atoms with E-state index in [1.54, 1.807) is 31.4 Å². The molecule has 1 aromatic heterocycles. The van der Waals surface area contributed by atoms with E-state index in [9.17, 15) is 9.18 Å². The second-order valence-corrected chi connectivity index (χ2v) is 4.94. The fourth-order valence-corrected chi connectivity index (χ4v) is 2.39. The van der Waals surface area contributed by atoms with Gasteiger partial charge in [-0.1, -0.05) is 6.07 Å². The van der Waals surface area contributed by atoms with Crippen molar-refractivity contribution in [2.75, 3.05) is 14.2 Å². The summed E-state index contributed by atoms with van der Waals surface area (Å²) in [5.41, 5.74) is 1.47. The summed E-state index contributed by atoms with van der Waals surface area (Å²) >= 11 is 0. The van der Waals surface area contributed by atoms with Crippen LogP contribution in [0.2, 0.25) is 0 Å². The highest BCUT2D eigenvalue weighted by Crippen LogP contribution is 2.30. The Labute approximate surface area is 132 Å². The predicted octanol–water partition coefficient (Wildman–Crippen LogP) is 3.84. The van der Waals surface area contributed by atoms with Crippen LogP contribution in [0.4, 0.5) is 4.39 Å². The van der Waals surface area contributed by atoms with Gasteiger partial charge in [0.15, 0.2) is 0 Å². The lowest BCUT2D eigenvalue weighted by molar-refractivity contribution is 0.0594. The van der Waals surface area contributed by atoms with Crippen molar-refractivity contribution >= 4 is 16.7 Å². The lowest BCUT2D eigenvalue weighted by Crippen LogP contribution is -2.05. The van der Waals surface area contributed by atoms with E-state index >= 15 is 0 Å². The van der Waals surface area contributed by atoms with Crippen LogP contribution in [-0.4, -0.2) is 25.2 Å². The Morgan fingerprint density at radius 1 is 1.04 bits per heavy atom. The van der Waals surface area contributed by atoms with E-state index < -0.39 is 5.97 Å². The number of methoxy groups -OCH3 is 2. The van der Waals surface area contributed by atoms with Crippen LogP contribution in [0.3, 0.4) is 0 Å². The third kappa shape index (κ3) is 2.85. The van der Waals surface area contributed by atoms with E-state index in [0.717, 1.165) is 10.8 Å².